The smallest absolute Gasteiger partial charge is 0.247 e. The van der Waals surface area contributed by atoms with E-state index in [1.807, 2.05) is 60.7 Å². The van der Waals surface area contributed by atoms with Gasteiger partial charge in [0.05, 0.1) is 0 Å². The van der Waals surface area contributed by atoms with Gasteiger partial charge in [-0.3, -0.25) is 4.57 Å². The van der Waals surface area contributed by atoms with Crippen LogP contribution in [0, 0.1) is 5.92 Å². The molecule has 0 heterocycles. The molecule has 2 aromatic carbocycles. The Kier molecular flexibility index (Phi) is 5.13. The van der Waals surface area contributed by atoms with Gasteiger partial charge >= 0.3 is 0 Å². The summed E-state index contributed by atoms with van der Waals surface area (Å²) in [4.78, 5) is 0. The molecule has 1 unspecified atom stereocenters. The lowest BCUT2D eigenvalue weighted by Gasteiger charge is -2.25. The van der Waals surface area contributed by atoms with Gasteiger partial charge in [-0.25, -0.2) is 4.76 Å². The molecule has 0 bridgehead atoms. The summed E-state index contributed by atoms with van der Waals surface area (Å²) >= 11 is 0. The van der Waals surface area contributed by atoms with E-state index in [2.05, 4.69) is 6.92 Å². The molecule has 2 aromatic rings. The Balaban J connectivity index is 2.11. The third-order valence-corrected chi connectivity index (χ3v) is 7.22. The molecule has 3 rings (SSSR count). The summed E-state index contributed by atoms with van der Waals surface area (Å²) in [6, 6.07) is 19.5. The molecule has 0 radical (unpaired) electrons. The largest absolute Gasteiger partial charge is 0.288 e. The third-order valence-electron chi connectivity index (χ3n) is 4.68. The predicted molar refractivity (Wildman–Crippen MR) is 99.4 cm³/mol. The van der Waals surface area contributed by atoms with Gasteiger partial charge in [-0.15, -0.1) is 0 Å². The second kappa shape index (κ2) is 7.27. The van der Waals surface area contributed by atoms with Gasteiger partial charge < -0.3 is 0 Å². The van der Waals surface area contributed by atoms with Crippen LogP contribution in [0.25, 0.3) is 0 Å². The molecule has 0 amide bonds. The highest BCUT2D eigenvalue weighted by Crippen LogP contribution is 2.46. The Bertz CT molecular complexity index is 665. The van der Waals surface area contributed by atoms with E-state index in [0.717, 1.165) is 29.2 Å². The lowest BCUT2D eigenvalue weighted by molar-refractivity contribution is 0.514. The highest BCUT2D eigenvalue weighted by Gasteiger charge is 2.29. The molecule has 1 atom stereocenters. The van der Waals surface area contributed by atoms with Crippen LogP contribution < -0.4 is 10.6 Å². The second-order valence-corrected chi connectivity index (χ2v) is 8.57. The molecular formula is C20H24NOP. The van der Waals surface area contributed by atoms with Crippen LogP contribution in [0.3, 0.4) is 0 Å². The van der Waals surface area contributed by atoms with Gasteiger partial charge in [-0.1, -0.05) is 49.7 Å². The van der Waals surface area contributed by atoms with Crippen molar-refractivity contribution in [2.75, 3.05) is 0 Å². The summed E-state index contributed by atoms with van der Waals surface area (Å²) in [6.45, 7) is 2.21. The Hall–Kier alpha value is -1.66. The van der Waals surface area contributed by atoms with Crippen LogP contribution in [0.2, 0.25) is 0 Å². The van der Waals surface area contributed by atoms with E-state index in [-0.39, 0.29) is 0 Å². The Labute approximate surface area is 139 Å². The summed E-state index contributed by atoms with van der Waals surface area (Å²) in [5.74, 6) is 0.490. The minimum absolute atomic E-state index is 0.490. The summed E-state index contributed by atoms with van der Waals surface area (Å²) in [5, 5.41) is 1.67. The van der Waals surface area contributed by atoms with Crippen molar-refractivity contribution in [2.24, 2.45) is 10.7 Å². The van der Waals surface area contributed by atoms with E-state index < -0.39 is 7.29 Å². The van der Waals surface area contributed by atoms with Crippen molar-refractivity contribution in [3.05, 3.63) is 60.7 Å². The van der Waals surface area contributed by atoms with E-state index >= 15 is 0 Å². The average Bonchev–Trinajstić information content (AvgIpc) is 2.63. The molecule has 2 nitrogen and oxygen atoms in total. The van der Waals surface area contributed by atoms with E-state index in [1.165, 1.54) is 19.3 Å². The van der Waals surface area contributed by atoms with Crippen molar-refractivity contribution in [3.63, 3.8) is 0 Å². The van der Waals surface area contributed by atoms with Crippen LogP contribution in [0.4, 0.5) is 0 Å². The molecule has 0 spiro atoms. The topological polar surface area (TPSA) is 29.4 Å². The minimum atomic E-state index is -2.96. The first-order valence-corrected chi connectivity index (χ1v) is 10.2. The quantitative estimate of drug-likeness (QED) is 0.731. The molecule has 1 fully saturated rings. The SMILES string of the molecule is CCC1CCCC/C1=N\P(=O)(c1ccccc1)c1ccccc1. The normalized spacial score (nSPS) is 20.6. The molecule has 0 N–H and O–H groups in total. The first-order chi connectivity index (χ1) is 11.2. The lowest BCUT2D eigenvalue weighted by atomic mass is 9.86. The molecule has 1 aliphatic rings. The van der Waals surface area contributed by atoms with E-state index in [9.17, 15) is 4.57 Å². The predicted octanol–water partition coefficient (Wildman–Crippen LogP) is 4.96. The third kappa shape index (κ3) is 3.48. The van der Waals surface area contributed by atoms with Gasteiger partial charge in [0, 0.05) is 16.3 Å². The maximum Gasteiger partial charge on any atom is 0.247 e. The van der Waals surface area contributed by atoms with Crippen molar-refractivity contribution in [1.29, 1.82) is 0 Å². The fourth-order valence-corrected chi connectivity index (χ4v) is 5.65. The summed E-state index contributed by atoms with van der Waals surface area (Å²) < 4.78 is 18.9. The van der Waals surface area contributed by atoms with Gasteiger partial charge in [-0.05, 0) is 55.9 Å². The molecule has 0 aliphatic heterocycles. The Morgan fingerprint density at radius 3 is 2.04 bits per heavy atom. The number of hydrogen-bond acceptors (Lipinski definition) is 1. The second-order valence-electron chi connectivity index (χ2n) is 6.19. The zero-order valence-electron chi connectivity index (χ0n) is 13.7. The number of nitrogens with zero attached hydrogens (tertiary/aromatic N) is 1. The zero-order chi connectivity index (χ0) is 16.1. The highest BCUT2D eigenvalue weighted by atomic mass is 31.2. The molecule has 0 aromatic heterocycles. The summed E-state index contributed by atoms with van der Waals surface area (Å²) in [7, 11) is -2.96. The van der Waals surface area contributed by atoms with Crippen molar-refractivity contribution < 1.29 is 4.57 Å². The van der Waals surface area contributed by atoms with Crippen molar-refractivity contribution >= 4 is 23.6 Å². The molecule has 23 heavy (non-hydrogen) atoms. The maximum atomic E-state index is 14.0. The van der Waals surface area contributed by atoms with Crippen LogP contribution in [-0.2, 0) is 4.57 Å². The van der Waals surface area contributed by atoms with Crippen LogP contribution in [0.5, 0.6) is 0 Å². The monoisotopic (exact) mass is 325 g/mol. The fraction of sp³-hybridized carbons (Fsp3) is 0.350. The van der Waals surface area contributed by atoms with E-state index in [1.54, 1.807) is 0 Å². The average molecular weight is 325 g/mol. The van der Waals surface area contributed by atoms with Gasteiger partial charge in [0.1, 0.15) is 0 Å². The first-order valence-electron chi connectivity index (χ1n) is 8.54. The fourth-order valence-electron chi connectivity index (χ4n) is 3.34. The van der Waals surface area contributed by atoms with Crippen LogP contribution in [-0.4, -0.2) is 5.71 Å². The highest BCUT2D eigenvalue weighted by molar-refractivity contribution is 7.77. The van der Waals surface area contributed by atoms with Crippen LogP contribution >= 0.6 is 7.29 Å². The molecule has 120 valence electrons. The number of rotatable bonds is 4. The summed E-state index contributed by atoms with van der Waals surface area (Å²) in [5.41, 5.74) is 1.16. The van der Waals surface area contributed by atoms with Crippen LogP contribution in [0.1, 0.15) is 39.0 Å². The van der Waals surface area contributed by atoms with Gasteiger partial charge in [0.25, 0.3) is 0 Å². The Morgan fingerprint density at radius 2 is 1.52 bits per heavy atom. The molecular weight excluding hydrogens is 301 g/mol. The Morgan fingerprint density at radius 1 is 0.957 bits per heavy atom. The standard InChI is InChI=1S/C20H24NOP/c1-2-17-11-9-10-16-20(17)21-23(22,18-12-5-3-6-13-18)19-14-7-4-8-15-19/h3-8,12-15,17H,2,9-11,16H2,1H3/b21-20+. The zero-order valence-corrected chi connectivity index (χ0v) is 14.6. The van der Waals surface area contributed by atoms with Gasteiger partial charge in [0.15, 0.2) is 0 Å². The number of benzene rings is 2. The van der Waals surface area contributed by atoms with Crippen LogP contribution in [0.15, 0.2) is 65.4 Å². The van der Waals surface area contributed by atoms with E-state index in [0.29, 0.717) is 5.92 Å². The van der Waals surface area contributed by atoms with Gasteiger partial charge in [-0.2, -0.15) is 0 Å². The van der Waals surface area contributed by atoms with Crippen molar-refractivity contribution in [2.45, 2.75) is 39.0 Å². The molecule has 0 saturated heterocycles. The minimum Gasteiger partial charge on any atom is -0.288 e. The van der Waals surface area contributed by atoms with Crippen molar-refractivity contribution in [1.82, 2.24) is 0 Å². The molecule has 1 saturated carbocycles. The molecule has 1 aliphatic carbocycles. The lowest BCUT2D eigenvalue weighted by Crippen LogP contribution is -2.22. The van der Waals surface area contributed by atoms with E-state index in [4.69, 9.17) is 4.76 Å². The van der Waals surface area contributed by atoms with Gasteiger partial charge in [0.2, 0.25) is 7.29 Å². The maximum absolute atomic E-state index is 14.0. The number of hydrogen-bond donors (Lipinski definition) is 0. The molecule has 3 heteroatoms. The van der Waals surface area contributed by atoms with Crippen molar-refractivity contribution in [3.8, 4) is 0 Å². The first kappa shape index (κ1) is 16.2. The summed E-state index contributed by atoms with van der Waals surface area (Å²) in [6.07, 6.45) is 5.68.